The van der Waals surface area contributed by atoms with Crippen molar-refractivity contribution in [1.82, 2.24) is 19.9 Å². The maximum absolute atomic E-state index is 4.60. The molecule has 8 rings (SSSR count). The number of hydrogen-bond acceptors (Lipinski definition) is 4. The number of nitrogens with zero attached hydrogens (tertiary/aromatic N) is 4. The molecule has 0 atom stereocenters. The van der Waals surface area contributed by atoms with Crippen LogP contribution in [-0.4, -0.2) is 19.9 Å². The summed E-state index contributed by atoms with van der Waals surface area (Å²) in [6.45, 7) is 0. The summed E-state index contributed by atoms with van der Waals surface area (Å²) >= 11 is 0. The third-order valence-electron chi connectivity index (χ3n) is 8.26. The van der Waals surface area contributed by atoms with Crippen LogP contribution in [0.5, 0.6) is 0 Å². The fraction of sp³-hybridized carbons (Fsp3) is 0. The van der Waals surface area contributed by atoms with Crippen molar-refractivity contribution in [3.8, 4) is 55.6 Å². The maximum atomic E-state index is 4.60. The first-order valence-electron chi connectivity index (χ1n) is 14.6. The molecule has 0 radical (unpaired) electrons. The molecule has 4 aromatic carbocycles. The van der Waals surface area contributed by atoms with Gasteiger partial charge in [-0.15, -0.1) is 0 Å². The van der Waals surface area contributed by atoms with E-state index in [2.05, 4.69) is 105 Å². The Kier molecular flexibility index (Phi) is 6.43. The van der Waals surface area contributed by atoms with Crippen LogP contribution >= 0.6 is 0 Å². The van der Waals surface area contributed by atoms with Crippen LogP contribution in [-0.2, 0) is 0 Å². The van der Waals surface area contributed by atoms with Crippen molar-refractivity contribution < 1.29 is 0 Å². The van der Waals surface area contributed by atoms with E-state index < -0.39 is 0 Å². The summed E-state index contributed by atoms with van der Waals surface area (Å²) in [7, 11) is 0. The molecule has 0 aliphatic rings. The summed E-state index contributed by atoms with van der Waals surface area (Å²) in [5.74, 6) is 0. The Labute approximate surface area is 255 Å². The molecule has 0 aliphatic carbocycles. The second-order valence-electron chi connectivity index (χ2n) is 10.8. The molecule has 206 valence electrons. The van der Waals surface area contributed by atoms with E-state index in [0.717, 1.165) is 44.5 Å². The average molecular weight is 563 g/mol. The highest BCUT2D eigenvalue weighted by molar-refractivity contribution is 6.12. The molecule has 0 fully saturated rings. The minimum Gasteiger partial charge on any atom is -0.265 e. The molecule has 8 aromatic rings. The van der Waals surface area contributed by atoms with Gasteiger partial charge < -0.3 is 0 Å². The highest BCUT2D eigenvalue weighted by Gasteiger charge is 2.15. The molecule has 4 heterocycles. The second kappa shape index (κ2) is 11.0. The highest BCUT2D eigenvalue weighted by Crippen LogP contribution is 2.41. The molecule has 0 saturated heterocycles. The normalized spacial score (nSPS) is 11.2. The van der Waals surface area contributed by atoms with Gasteiger partial charge in [-0.05, 0) is 91.3 Å². The van der Waals surface area contributed by atoms with Gasteiger partial charge in [-0.2, -0.15) is 0 Å². The van der Waals surface area contributed by atoms with E-state index in [1.165, 1.54) is 32.7 Å². The molecule has 0 aliphatic heterocycles. The third-order valence-corrected chi connectivity index (χ3v) is 8.26. The van der Waals surface area contributed by atoms with Crippen molar-refractivity contribution >= 4 is 21.5 Å². The summed E-state index contributed by atoms with van der Waals surface area (Å²) < 4.78 is 0. The van der Waals surface area contributed by atoms with Gasteiger partial charge in [0.15, 0.2) is 0 Å². The van der Waals surface area contributed by atoms with Crippen LogP contribution in [0.25, 0.3) is 77.2 Å². The lowest BCUT2D eigenvalue weighted by Crippen LogP contribution is -1.91. The Balaban J connectivity index is 1.27. The molecule has 44 heavy (non-hydrogen) atoms. The van der Waals surface area contributed by atoms with E-state index >= 15 is 0 Å². The molecular weight excluding hydrogens is 536 g/mol. The van der Waals surface area contributed by atoms with Crippen LogP contribution < -0.4 is 0 Å². The minimum atomic E-state index is 1.07. The lowest BCUT2D eigenvalue weighted by molar-refractivity contribution is 1.30. The van der Waals surface area contributed by atoms with Crippen LogP contribution in [0.2, 0.25) is 0 Å². The molecule has 4 nitrogen and oxygen atoms in total. The predicted molar refractivity (Wildman–Crippen MR) is 180 cm³/mol. The van der Waals surface area contributed by atoms with E-state index in [-0.39, 0.29) is 0 Å². The topological polar surface area (TPSA) is 51.6 Å². The number of hydrogen-bond donors (Lipinski definition) is 0. The first-order valence-corrected chi connectivity index (χ1v) is 14.6. The average Bonchev–Trinajstić information content (AvgIpc) is 3.11. The molecule has 4 aromatic heterocycles. The molecular formula is C40H26N4. The number of benzene rings is 4. The molecule has 0 spiro atoms. The highest BCUT2D eigenvalue weighted by atomic mass is 14.6. The largest absolute Gasteiger partial charge is 0.265 e. The lowest BCUT2D eigenvalue weighted by Gasteiger charge is -2.16. The van der Waals surface area contributed by atoms with Crippen molar-refractivity contribution in [3.05, 3.63) is 159 Å². The van der Waals surface area contributed by atoms with E-state index in [4.69, 9.17) is 0 Å². The van der Waals surface area contributed by atoms with E-state index in [0.29, 0.717) is 0 Å². The molecule has 0 unspecified atom stereocenters. The van der Waals surface area contributed by atoms with Crippen LogP contribution in [0.3, 0.4) is 0 Å². The summed E-state index contributed by atoms with van der Waals surface area (Å²) in [6, 6.07) is 38.8. The van der Waals surface area contributed by atoms with Crippen LogP contribution in [0.1, 0.15) is 0 Å². The van der Waals surface area contributed by atoms with Gasteiger partial charge in [-0.3, -0.25) is 19.9 Å². The van der Waals surface area contributed by atoms with Crippen molar-refractivity contribution in [2.75, 3.05) is 0 Å². The molecule has 0 amide bonds. The molecule has 0 bridgehead atoms. The molecule has 4 heteroatoms. The monoisotopic (exact) mass is 562 g/mol. The summed E-state index contributed by atoms with van der Waals surface area (Å²) in [4.78, 5) is 17.5. The van der Waals surface area contributed by atoms with Crippen molar-refractivity contribution in [2.45, 2.75) is 0 Å². The van der Waals surface area contributed by atoms with Gasteiger partial charge in [-0.1, -0.05) is 72.8 Å². The van der Waals surface area contributed by atoms with E-state index in [9.17, 15) is 0 Å². The molecule has 0 saturated carbocycles. The Bertz CT molecular complexity index is 2110. The number of rotatable bonds is 5. The summed E-state index contributed by atoms with van der Waals surface area (Å²) in [5.41, 5.74) is 11.2. The Morgan fingerprint density at radius 3 is 1.02 bits per heavy atom. The van der Waals surface area contributed by atoms with Gasteiger partial charge in [0.05, 0.1) is 0 Å². The lowest BCUT2D eigenvalue weighted by atomic mass is 9.88. The van der Waals surface area contributed by atoms with Crippen LogP contribution in [0.4, 0.5) is 0 Å². The summed E-state index contributed by atoms with van der Waals surface area (Å²) in [5, 5.41) is 4.80. The van der Waals surface area contributed by atoms with Gasteiger partial charge in [0.25, 0.3) is 0 Å². The van der Waals surface area contributed by atoms with Gasteiger partial charge >= 0.3 is 0 Å². The fourth-order valence-corrected chi connectivity index (χ4v) is 6.15. The zero-order valence-corrected chi connectivity index (χ0v) is 23.8. The van der Waals surface area contributed by atoms with E-state index in [1.54, 1.807) is 0 Å². The zero-order valence-electron chi connectivity index (χ0n) is 23.8. The van der Waals surface area contributed by atoms with Crippen molar-refractivity contribution in [2.24, 2.45) is 0 Å². The van der Waals surface area contributed by atoms with Crippen LogP contribution in [0, 0.1) is 0 Å². The van der Waals surface area contributed by atoms with Gasteiger partial charge in [-0.25, -0.2) is 0 Å². The van der Waals surface area contributed by atoms with Crippen molar-refractivity contribution in [3.63, 3.8) is 0 Å². The first-order chi connectivity index (χ1) is 21.8. The van der Waals surface area contributed by atoms with Crippen molar-refractivity contribution in [1.29, 1.82) is 0 Å². The third kappa shape index (κ3) is 4.59. The number of aromatic nitrogens is 4. The SMILES string of the molecule is c1ccc2c(-c3ccc(-c4cncc(-c5ccncc5)c4)c4ccccc34)ccc(-c3cncc(-c4ccncc4)c3)c2c1. The second-order valence-corrected chi connectivity index (χ2v) is 10.8. The minimum absolute atomic E-state index is 1.07. The maximum Gasteiger partial charge on any atom is 0.0347 e. The predicted octanol–water partition coefficient (Wildman–Crippen LogP) is 9.91. The quantitative estimate of drug-likeness (QED) is 0.209. The smallest absolute Gasteiger partial charge is 0.0347 e. The van der Waals surface area contributed by atoms with Crippen LogP contribution in [0.15, 0.2) is 159 Å². The Hall–Kier alpha value is -6.00. The van der Waals surface area contributed by atoms with Gasteiger partial charge in [0.2, 0.25) is 0 Å². The van der Waals surface area contributed by atoms with E-state index in [1.807, 2.05) is 73.8 Å². The summed E-state index contributed by atoms with van der Waals surface area (Å²) in [6.07, 6.45) is 15.0. The van der Waals surface area contributed by atoms with Gasteiger partial charge in [0, 0.05) is 71.8 Å². The Morgan fingerprint density at radius 2 is 0.614 bits per heavy atom. The number of fused-ring (bicyclic) bond motifs is 2. The molecule has 0 N–H and O–H groups in total. The number of pyridine rings is 4. The first kappa shape index (κ1) is 25.7. The Morgan fingerprint density at radius 1 is 0.273 bits per heavy atom. The fourth-order valence-electron chi connectivity index (χ4n) is 6.15. The van der Waals surface area contributed by atoms with Gasteiger partial charge in [0.1, 0.15) is 0 Å². The standard InChI is InChI=1S/C40H26N4/c1-3-7-37-35(5-1)33(31-21-29(23-43-25-31)27-13-17-41-18-14-27)9-11-39(37)40-12-10-34(36-6-2-4-8-38(36)40)32-22-30(24-44-26-32)28-15-19-42-20-16-28/h1-26H. The zero-order chi connectivity index (χ0) is 29.3.